The highest BCUT2D eigenvalue weighted by molar-refractivity contribution is 7.99. The van der Waals surface area contributed by atoms with Crippen molar-refractivity contribution in [1.29, 1.82) is 0 Å². The van der Waals surface area contributed by atoms with Gasteiger partial charge in [-0.1, -0.05) is 13.8 Å². The normalized spacial score (nSPS) is 32.4. The first kappa shape index (κ1) is 14.5. The second-order valence-electron chi connectivity index (χ2n) is 7.44. The number of rotatable bonds is 2. The lowest BCUT2D eigenvalue weighted by Crippen LogP contribution is -2.27. The first-order chi connectivity index (χ1) is 9.41. The van der Waals surface area contributed by atoms with Crippen molar-refractivity contribution in [3.05, 3.63) is 23.0 Å². The Bertz CT molecular complexity index is 505. The van der Waals surface area contributed by atoms with Gasteiger partial charge in [-0.2, -0.15) is 11.8 Å². The lowest BCUT2D eigenvalue weighted by molar-refractivity contribution is 0.0974. The molecule has 0 aliphatic heterocycles. The van der Waals surface area contributed by atoms with E-state index >= 15 is 0 Å². The summed E-state index contributed by atoms with van der Waals surface area (Å²) in [5.74, 6) is 0. The van der Waals surface area contributed by atoms with Gasteiger partial charge in [0.05, 0.1) is 6.10 Å². The largest absolute Gasteiger partial charge is 0.388 e. The second kappa shape index (κ2) is 5.10. The van der Waals surface area contributed by atoms with Crippen LogP contribution < -0.4 is 0 Å². The number of aromatic nitrogens is 1. The molecule has 3 atom stereocenters. The zero-order valence-electron chi connectivity index (χ0n) is 13.1. The third-order valence-corrected chi connectivity index (χ3v) is 6.27. The Morgan fingerprint density at radius 1 is 1.35 bits per heavy atom. The minimum Gasteiger partial charge on any atom is -0.388 e. The molecule has 0 spiro atoms. The fourth-order valence-corrected chi connectivity index (χ4v) is 5.03. The van der Waals surface area contributed by atoms with Gasteiger partial charge in [0.25, 0.3) is 0 Å². The summed E-state index contributed by atoms with van der Waals surface area (Å²) in [6, 6.07) is 2.89. The van der Waals surface area contributed by atoms with E-state index in [1.807, 2.05) is 11.8 Å². The summed E-state index contributed by atoms with van der Waals surface area (Å²) in [6.07, 6.45) is 7.88. The molecule has 2 aliphatic rings. The number of hydrogen-bond acceptors (Lipinski definition) is 2. The Kier molecular flexibility index (Phi) is 3.70. The van der Waals surface area contributed by atoms with Crippen LogP contribution in [-0.4, -0.2) is 21.2 Å². The summed E-state index contributed by atoms with van der Waals surface area (Å²) in [6.45, 7) is 6.78. The molecule has 1 aromatic heterocycles. The molecule has 0 aromatic carbocycles. The molecule has 3 unspecified atom stereocenters. The maximum Gasteiger partial charge on any atom is 0.0812 e. The molecule has 112 valence electrons. The molecule has 0 amide bonds. The second-order valence-corrected chi connectivity index (χ2v) is 8.58. The van der Waals surface area contributed by atoms with E-state index in [1.165, 1.54) is 36.2 Å². The van der Waals surface area contributed by atoms with Gasteiger partial charge < -0.3 is 9.67 Å². The highest BCUT2D eigenvalue weighted by Gasteiger charge is 2.36. The smallest absolute Gasteiger partial charge is 0.0812 e. The Morgan fingerprint density at radius 3 is 2.75 bits per heavy atom. The molecule has 1 N–H and O–H groups in total. The molecule has 0 saturated heterocycles. The minimum atomic E-state index is -0.272. The van der Waals surface area contributed by atoms with Crippen molar-refractivity contribution >= 4 is 11.8 Å². The first-order valence-corrected chi connectivity index (χ1v) is 9.11. The molecular weight excluding hydrogens is 266 g/mol. The molecule has 1 fully saturated rings. The summed E-state index contributed by atoms with van der Waals surface area (Å²) in [7, 11) is 0. The Balaban J connectivity index is 1.97. The van der Waals surface area contributed by atoms with Gasteiger partial charge in [-0.25, -0.2) is 0 Å². The van der Waals surface area contributed by atoms with Gasteiger partial charge in [-0.05, 0) is 56.8 Å². The lowest BCUT2D eigenvalue weighted by atomic mass is 9.75. The van der Waals surface area contributed by atoms with Gasteiger partial charge in [-0.3, -0.25) is 0 Å². The third kappa shape index (κ3) is 2.43. The summed E-state index contributed by atoms with van der Waals surface area (Å²) >= 11 is 2.01. The quantitative estimate of drug-likeness (QED) is 0.881. The van der Waals surface area contributed by atoms with E-state index in [9.17, 15) is 5.11 Å². The standard InChI is InChI=1S/C17H27NOS/c1-11-7-14-15(9-17(2,3)10-16(14)19)18(11)12-5-6-13(8-12)20-4/h7,12-13,16,19H,5-6,8-10H2,1-4H3. The average Bonchev–Trinajstić information content (AvgIpc) is 2.92. The number of aryl methyl sites for hydroxylation is 1. The summed E-state index contributed by atoms with van der Waals surface area (Å²) in [4.78, 5) is 0. The van der Waals surface area contributed by atoms with E-state index in [0.29, 0.717) is 6.04 Å². The molecule has 3 rings (SSSR count). The van der Waals surface area contributed by atoms with Crippen LogP contribution in [0.3, 0.4) is 0 Å². The molecule has 1 heterocycles. The number of nitrogens with zero attached hydrogens (tertiary/aromatic N) is 1. The Hall–Kier alpha value is -0.410. The van der Waals surface area contributed by atoms with Crippen molar-refractivity contribution in [2.24, 2.45) is 5.41 Å². The van der Waals surface area contributed by atoms with Crippen LogP contribution >= 0.6 is 11.8 Å². The van der Waals surface area contributed by atoms with Gasteiger partial charge >= 0.3 is 0 Å². The van der Waals surface area contributed by atoms with Crippen LogP contribution in [0.4, 0.5) is 0 Å². The van der Waals surface area contributed by atoms with Gasteiger partial charge in [0, 0.05) is 28.2 Å². The van der Waals surface area contributed by atoms with Crippen molar-refractivity contribution in [2.45, 2.75) is 70.3 Å². The summed E-state index contributed by atoms with van der Waals surface area (Å²) in [5, 5.41) is 11.3. The Labute approximate surface area is 127 Å². The summed E-state index contributed by atoms with van der Waals surface area (Å²) in [5.41, 5.74) is 4.18. The topological polar surface area (TPSA) is 25.2 Å². The van der Waals surface area contributed by atoms with E-state index in [1.54, 1.807) is 0 Å². The number of thioether (sulfide) groups is 1. The molecule has 3 heteroatoms. The predicted molar refractivity (Wildman–Crippen MR) is 86.4 cm³/mol. The van der Waals surface area contributed by atoms with Crippen molar-refractivity contribution in [3.8, 4) is 0 Å². The van der Waals surface area contributed by atoms with Crippen LogP contribution in [0.15, 0.2) is 6.07 Å². The summed E-state index contributed by atoms with van der Waals surface area (Å²) < 4.78 is 2.57. The van der Waals surface area contributed by atoms with E-state index in [2.05, 4.69) is 37.7 Å². The number of hydrogen-bond donors (Lipinski definition) is 1. The van der Waals surface area contributed by atoms with Crippen molar-refractivity contribution in [3.63, 3.8) is 0 Å². The van der Waals surface area contributed by atoms with Crippen molar-refractivity contribution in [1.82, 2.24) is 4.57 Å². The van der Waals surface area contributed by atoms with Gasteiger partial charge in [0.15, 0.2) is 0 Å². The van der Waals surface area contributed by atoms with Gasteiger partial charge in [0.2, 0.25) is 0 Å². The zero-order chi connectivity index (χ0) is 14.5. The van der Waals surface area contributed by atoms with Crippen LogP contribution in [0.2, 0.25) is 0 Å². The number of aliphatic hydroxyl groups is 1. The molecular formula is C17H27NOS. The number of fused-ring (bicyclic) bond motifs is 1. The average molecular weight is 293 g/mol. The Morgan fingerprint density at radius 2 is 2.10 bits per heavy atom. The van der Waals surface area contributed by atoms with Crippen molar-refractivity contribution in [2.75, 3.05) is 6.26 Å². The van der Waals surface area contributed by atoms with Crippen LogP contribution in [0, 0.1) is 12.3 Å². The fourth-order valence-electron chi connectivity index (χ4n) is 4.24. The molecule has 2 aliphatic carbocycles. The maximum atomic E-state index is 10.5. The van der Waals surface area contributed by atoms with Crippen molar-refractivity contribution < 1.29 is 5.11 Å². The SMILES string of the molecule is CSC1CCC(n2c(C)cc3c2CC(C)(C)CC3O)C1. The molecule has 20 heavy (non-hydrogen) atoms. The predicted octanol–water partition coefficient (Wildman–Crippen LogP) is 4.26. The van der Waals surface area contributed by atoms with Crippen LogP contribution in [0.5, 0.6) is 0 Å². The van der Waals surface area contributed by atoms with Gasteiger partial charge in [0.1, 0.15) is 0 Å². The molecule has 2 nitrogen and oxygen atoms in total. The van der Waals surface area contributed by atoms with Crippen LogP contribution in [0.1, 0.15) is 68.6 Å². The fraction of sp³-hybridized carbons (Fsp3) is 0.765. The van der Waals surface area contributed by atoms with Gasteiger partial charge in [-0.15, -0.1) is 0 Å². The highest BCUT2D eigenvalue weighted by Crippen LogP contribution is 2.45. The zero-order valence-corrected chi connectivity index (χ0v) is 14.0. The molecule has 0 radical (unpaired) electrons. The molecule has 1 saturated carbocycles. The highest BCUT2D eigenvalue weighted by atomic mass is 32.2. The molecule has 1 aromatic rings. The first-order valence-electron chi connectivity index (χ1n) is 7.83. The van der Waals surface area contributed by atoms with E-state index < -0.39 is 0 Å². The third-order valence-electron chi connectivity index (χ3n) is 5.17. The van der Waals surface area contributed by atoms with Crippen LogP contribution in [-0.2, 0) is 6.42 Å². The molecule has 0 bridgehead atoms. The maximum absolute atomic E-state index is 10.5. The van der Waals surface area contributed by atoms with E-state index in [4.69, 9.17) is 0 Å². The van der Waals surface area contributed by atoms with Crippen LogP contribution in [0.25, 0.3) is 0 Å². The minimum absolute atomic E-state index is 0.215. The number of aliphatic hydroxyl groups excluding tert-OH is 1. The van der Waals surface area contributed by atoms with E-state index in [-0.39, 0.29) is 11.5 Å². The van der Waals surface area contributed by atoms with E-state index in [0.717, 1.165) is 18.1 Å². The monoisotopic (exact) mass is 293 g/mol. The lowest BCUT2D eigenvalue weighted by Gasteiger charge is -2.35.